The van der Waals surface area contributed by atoms with E-state index in [2.05, 4.69) is 161 Å². The molecule has 212 valence electrons. The molecule has 3 atom stereocenters. The topological polar surface area (TPSA) is 3.88 Å². The highest BCUT2D eigenvalue weighted by Crippen LogP contribution is 2.44. The first-order valence-electron chi connectivity index (χ1n) is 15.8. The molecule has 1 aliphatic carbocycles. The first-order chi connectivity index (χ1) is 20.5. The summed E-state index contributed by atoms with van der Waals surface area (Å²) >= 11 is 0. The van der Waals surface area contributed by atoms with E-state index in [0.717, 1.165) is 19.3 Å². The molecular formula is C41H44N+. The van der Waals surface area contributed by atoms with Crippen LogP contribution in [-0.2, 0) is 5.54 Å². The normalized spacial score (nSPS) is 21.0. The third kappa shape index (κ3) is 4.79. The van der Waals surface area contributed by atoms with E-state index in [1.165, 1.54) is 50.3 Å². The lowest BCUT2D eigenvalue weighted by atomic mass is 9.73. The number of nitrogens with zero attached hydrogens (tertiary/aromatic N) is 1. The van der Waals surface area contributed by atoms with E-state index >= 15 is 0 Å². The van der Waals surface area contributed by atoms with Gasteiger partial charge in [-0.3, -0.25) is 0 Å². The minimum atomic E-state index is -0.0965. The molecule has 2 aliphatic rings. The maximum absolute atomic E-state index is 2.71. The predicted octanol–water partition coefficient (Wildman–Crippen LogP) is 10.6. The van der Waals surface area contributed by atoms with E-state index in [9.17, 15) is 0 Å². The molecule has 1 heteroatoms. The van der Waals surface area contributed by atoms with Gasteiger partial charge in [-0.2, -0.15) is 4.57 Å². The van der Waals surface area contributed by atoms with E-state index in [-0.39, 0.29) is 11.5 Å². The van der Waals surface area contributed by atoms with Gasteiger partial charge in [-0.25, -0.2) is 0 Å². The predicted molar refractivity (Wildman–Crippen MR) is 178 cm³/mol. The first-order valence-corrected chi connectivity index (χ1v) is 15.8. The number of benzene rings is 3. The van der Waals surface area contributed by atoms with Gasteiger partial charge in [-0.15, -0.1) is 0 Å². The lowest BCUT2D eigenvalue weighted by Crippen LogP contribution is -2.61. The average Bonchev–Trinajstić information content (AvgIpc) is 3.02. The van der Waals surface area contributed by atoms with E-state index in [4.69, 9.17) is 0 Å². The Morgan fingerprint density at radius 2 is 1.50 bits per heavy atom. The van der Waals surface area contributed by atoms with Gasteiger partial charge in [0.15, 0.2) is 11.2 Å². The number of allylic oxidation sites excluding steroid dienone is 6. The molecule has 0 spiro atoms. The minimum Gasteiger partial charge on any atom is -0.190 e. The maximum Gasteiger partial charge on any atom is 0.213 e. The molecule has 1 nitrogen and oxygen atoms in total. The van der Waals surface area contributed by atoms with Gasteiger partial charge in [-0.05, 0) is 69.8 Å². The second-order valence-electron chi connectivity index (χ2n) is 12.3. The number of aryl methyl sites for hydroxylation is 1. The number of hydrogen-bond acceptors (Lipinski definition) is 0. The van der Waals surface area contributed by atoms with Crippen molar-refractivity contribution >= 4 is 5.57 Å². The van der Waals surface area contributed by atoms with E-state index in [1.807, 2.05) is 0 Å². The number of pyridine rings is 1. The SMILES string of the molecule is CCC1(CC)C(C)c2ccc(-c3ccccc3)cc2C2=CCC(C=CC=C2)C(C)c2ccccc2-c2cccc(C)[n+]21. The molecule has 4 aromatic rings. The second-order valence-corrected chi connectivity index (χ2v) is 12.3. The van der Waals surface area contributed by atoms with Crippen LogP contribution in [0.25, 0.3) is 28.0 Å². The number of rotatable bonds is 3. The van der Waals surface area contributed by atoms with Crippen molar-refractivity contribution in [2.75, 3.05) is 0 Å². The Labute approximate surface area is 253 Å². The molecule has 3 unspecified atom stereocenters. The summed E-state index contributed by atoms with van der Waals surface area (Å²) in [5.41, 5.74) is 12.0. The largest absolute Gasteiger partial charge is 0.213 e. The van der Waals surface area contributed by atoms with Crippen LogP contribution in [0.4, 0.5) is 0 Å². The summed E-state index contributed by atoms with van der Waals surface area (Å²) in [7, 11) is 0. The van der Waals surface area contributed by atoms with E-state index < -0.39 is 0 Å². The Balaban J connectivity index is 1.70. The molecule has 1 aromatic heterocycles. The molecule has 0 saturated heterocycles. The Kier molecular flexibility index (Phi) is 7.86. The highest BCUT2D eigenvalue weighted by atomic mass is 15.1. The zero-order chi connectivity index (χ0) is 29.3. The summed E-state index contributed by atoms with van der Waals surface area (Å²) in [6.45, 7) is 12.0. The van der Waals surface area contributed by atoms with Gasteiger partial charge in [0, 0.05) is 43.4 Å². The summed E-state index contributed by atoms with van der Waals surface area (Å²) in [6.07, 6.45) is 14.9. The molecule has 0 fully saturated rings. The van der Waals surface area contributed by atoms with Gasteiger partial charge in [0.2, 0.25) is 5.69 Å². The fourth-order valence-corrected chi connectivity index (χ4v) is 7.78. The van der Waals surface area contributed by atoms with Crippen LogP contribution in [0.1, 0.15) is 81.2 Å². The molecule has 2 heterocycles. The minimum absolute atomic E-state index is 0.0965. The Hall–Kier alpha value is -3.97. The van der Waals surface area contributed by atoms with Gasteiger partial charge in [0.05, 0.1) is 0 Å². The fourth-order valence-electron chi connectivity index (χ4n) is 7.78. The van der Waals surface area contributed by atoms with Crippen LogP contribution in [0.2, 0.25) is 0 Å². The standard InChI is InChI=1S/C41H44N/c1-6-41(7-2)31(5)37-27-26-35(33-18-9-8-10-19-33)28-39(37)34-20-12-11-17-32(24-25-34)30(4)36-21-13-14-22-38(36)40-23-15-16-29(3)42(40)41/h8-23,25-28,30-32H,6-7,24H2,1-5H3/q+1. The molecule has 0 N–H and O–H groups in total. The van der Waals surface area contributed by atoms with Gasteiger partial charge in [0.1, 0.15) is 0 Å². The van der Waals surface area contributed by atoms with Gasteiger partial charge < -0.3 is 0 Å². The molecule has 0 amide bonds. The molecule has 1 aliphatic heterocycles. The van der Waals surface area contributed by atoms with Crippen molar-refractivity contribution in [3.8, 4) is 22.4 Å². The van der Waals surface area contributed by atoms with Crippen LogP contribution < -0.4 is 4.57 Å². The number of hydrogen-bond donors (Lipinski definition) is 0. The summed E-state index contributed by atoms with van der Waals surface area (Å²) in [5, 5.41) is 0. The van der Waals surface area contributed by atoms with Crippen molar-refractivity contribution in [3.05, 3.63) is 144 Å². The lowest BCUT2D eigenvalue weighted by Gasteiger charge is -2.36. The zero-order valence-electron chi connectivity index (χ0n) is 25.8. The quantitative estimate of drug-likeness (QED) is 0.223. The van der Waals surface area contributed by atoms with Crippen LogP contribution in [0.5, 0.6) is 0 Å². The van der Waals surface area contributed by atoms with Crippen LogP contribution in [-0.4, -0.2) is 0 Å². The van der Waals surface area contributed by atoms with Gasteiger partial charge >= 0.3 is 0 Å². The molecule has 42 heavy (non-hydrogen) atoms. The summed E-state index contributed by atoms with van der Waals surface area (Å²) < 4.78 is 2.71. The van der Waals surface area contributed by atoms with Crippen LogP contribution >= 0.6 is 0 Å². The summed E-state index contributed by atoms with van der Waals surface area (Å²) in [6, 6.07) is 34.1. The molecular weight excluding hydrogens is 506 g/mol. The summed E-state index contributed by atoms with van der Waals surface area (Å²) in [5.74, 6) is 1.07. The molecule has 0 saturated carbocycles. The highest BCUT2D eigenvalue weighted by Gasteiger charge is 2.47. The molecule has 2 bridgehead atoms. The van der Waals surface area contributed by atoms with Crippen molar-refractivity contribution in [2.24, 2.45) is 5.92 Å². The highest BCUT2D eigenvalue weighted by molar-refractivity contribution is 5.81. The van der Waals surface area contributed by atoms with Crippen molar-refractivity contribution in [1.82, 2.24) is 0 Å². The fraction of sp³-hybridized carbons (Fsp3) is 0.293. The van der Waals surface area contributed by atoms with Crippen molar-refractivity contribution < 1.29 is 4.57 Å². The third-order valence-corrected chi connectivity index (χ3v) is 10.3. The van der Waals surface area contributed by atoms with E-state index in [1.54, 1.807) is 0 Å². The third-order valence-electron chi connectivity index (χ3n) is 10.3. The van der Waals surface area contributed by atoms with Crippen LogP contribution in [0.15, 0.2) is 121 Å². The number of aromatic nitrogens is 1. The molecule has 6 rings (SSSR count). The second kappa shape index (κ2) is 11.7. The van der Waals surface area contributed by atoms with Crippen molar-refractivity contribution in [3.63, 3.8) is 0 Å². The van der Waals surface area contributed by atoms with E-state index in [0.29, 0.717) is 11.8 Å². The van der Waals surface area contributed by atoms with Crippen LogP contribution in [0.3, 0.4) is 0 Å². The first kappa shape index (κ1) is 28.2. The van der Waals surface area contributed by atoms with Gasteiger partial charge in [0.25, 0.3) is 0 Å². The van der Waals surface area contributed by atoms with Crippen LogP contribution in [0, 0.1) is 12.8 Å². The number of fused-ring (bicyclic) bond motifs is 7. The van der Waals surface area contributed by atoms with Crippen molar-refractivity contribution in [2.45, 2.75) is 71.3 Å². The van der Waals surface area contributed by atoms with Crippen molar-refractivity contribution in [1.29, 1.82) is 0 Å². The summed E-state index contributed by atoms with van der Waals surface area (Å²) in [4.78, 5) is 0. The molecule has 3 aromatic carbocycles. The lowest BCUT2D eigenvalue weighted by molar-refractivity contribution is -0.765. The monoisotopic (exact) mass is 550 g/mol. The maximum atomic E-state index is 2.71. The smallest absolute Gasteiger partial charge is 0.190 e. The Morgan fingerprint density at radius 3 is 2.29 bits per heavy atom. The zero-order valence-corrected chi connectivity index (χ0v) is 25.8. The average molecular weight is 551 g/mol. The Bertz CT molecular complexity index is 1660. The Morgan fingerprint density at radius 1 is 0.738 bits per heavy atom. The van der Waals surface area contributed by atoms with Gasteiger partial charge in [-0.1, -0.05) is 119 Å². The molecule has 0 radical (unpaired) electrons.